The van der Waals surface area contributed by atoms with E-state index in [2.05, 4.69) is 11.0 Å². The number of nitrogens with zero attached hydrogens (tertiary/aromatic N) is 3. The van der Waals surface area contributed by atoms with Gasteiger partial charge in [-0.3, -0.25) is 9.69 Å². The van der Waals surface area contributed by atoms with Gasteiger partial charge in [0.15, 0.2) is 11.5 Å². The van der Waals surface area contributed by atoms with Gasteiger partial charge >= 0.3 is 0 Å². The molecule has 0 saturated carbocycles. The smallest absolute Gasteiger partial charge is 0.257 e. The summed E-state index contributed by atoms with van der Waals surface area (Å²) in [5, 5.41) is 8.88. The third-order valence-corrected chi connectivity index (χ3v) is 4.78. The highest BCUT2D eigenvalue weighted by molar-refractivity contribution is 5.97. The van der Waals surface area contributed by atoms with Crippen LogP contribution in [0, 0.1) is 11.3 Å². The normalized spacial score (nSPS) is 14.5. The van der Waals surface area contributed by atoms with Crippen LogP contribution in [0.2, 0.25) is 0 Å². The first-order chi connectivity index (χ1) is 13.2. The van der Waals surface area contributed by atoms with E-state index in [-0.39, 0.29) is 5.91 Å². The summed E-state index contributed by atoms with van der Waals surface area (Å²) >= 11 is 0. The molecule has 1 aliphatic heterocycles. The number of hydrogen-bond acceptors (Lipinski definition) is 5. The second-order valence-electron chi connectivity index (χ2n) is 6.42. The van der Waals surface area contributed by atoms with Crippen LogP contribution in [0.25, 0.3) is 0 Å². The van der Waals surface area contributed by atoms with Gasteiger partial charge in [0.2, 0.25) is 0 Å². The van der Waals surface area contributed by atoms with Gasteiger partial charge in [-0.15, -0.1) is 0 Å². The second kappa shape index (κ2) is 8.56. The molecule has 2 aromatic carbocycles. The summed E-state index contributed by atoms with van der Waals surface area (Å²) < 4.78 is 10.7. The predicted octanol–water partition coefficient (Wildman–Crippen LogP) is 2.53. The number of rotatable bonds is 5. The van der Waals surface area contributed by atoms with E-state index in [4.69, 9.17) is 14.7 Å². The number of para-hydroxylation sites is 1. The van der Waals surface area contributed by atoms with E-state index >= 15 is 0 Å². The highest BCUT2D eigenvalue weighted by atomic mass is 16.5. The van der Waals surface area contributed by atoms with E-state index in [0.29, 0.717) is 35.7 Å². The molecule has 1 aliphatic rings. The molecule has 140 valence electrons. The minimum absolute atomic E-state index is 0.0382. The zero-order valence-corrected chi connectivity index (χ0v) is 15.6. The monoisotopic (exact) mass is 365 g/mol. The summed E-state index contributed by atoms with van der Waals surface area (Å²) in [5.41, 5.74) is 2.36. The molecule has 6 nitrogen and oxygen atoms in total. The Hall–Kier alpha value is -3.04. The van der Waals surface area contributed by atoms with Crippen molar-refractivity contribution in [1.29, 1.82) is 5.26 Å². The molecule has 27 heavy (non-hydrogen) atoms. The average molecular weight is 365 g/mol. The fourth-order valence-corrected chi connectivity index (χ4v) is 3.28. The molecule has 1 amide bonds. The standard InChI is InChI=1S/C21H23N3O3/c1-26-19-5-3-4-18(20(19)27-2)21(25)24-12-10-23(11-13-24)15-17-8-6-16(14-22)7-9-17/h3-9H,10-13,15H2,1-2H3. The van der Waals surface area contributed by atoms with E-state index in [0.717, 1.165) is 19.6 Å². The summed E-state index contributed by atoms with van der Waals surface area (Å²) in [7, 11) is 3.11. The number of benzene rings is 2. The highest BCUT2D eigenvalue weighted by Crippen LogP contribution is 2.31. The molecule has 0 bridgehead atoms. The number of carbonyl (C=O) groups is 1. The molecule has 0 N–H and O–H groups in total. The molecule has 0 unspecified atom stereocenters. The third-order valence-electron chi connectivity index (χ3n) is 4.78. The Morgan fingerprint density at radius 1 is 1.04 bits per heavy atom. The number of carbonyl (C=O) groups excluding carboxylic acids is 1. The van der Waals surface area contributed by atoms with Gasteiger partial charge in [-0.25, -0.2) is 0 Å². The first kappa shape index (κ1) is 18.7. The zero-order valence-electron chi connectivity index (χ0n) is 15.6. The maximum atomic E-state index is 12.9. The van der Waals surface area contributed by atoms with Crippen molar-refractivity contribution in [3.8, 4) is 17.6 Å². The minimum Gasteiger partial charge on any atom is -0.493 e. The molecular weight excluding hydrogens is 342 g/mol. The molecule has 1 heterocycles. The van der Waals surface area contributed by atoms with Crippen LogP contribution in [0.4, 0.5) is 0 Å². The van der Waals surface area contributed by atoms with Crippen LogP contribution in [0.3, 0.4) is 0 Å². The van der Waals surface area contributed by atoms with Crippen molar-refractivity contribution in [3.05, 3.63) is 59.2 Å². The number of nitriles is 1. The molecule has 0 aliphatic carbocycles. The van der Waals surface area contributed by atoms with Crippen LogP contribution >= 0.6 is 0 Å². The maximum absolute atomic E-state index is 12.9. The van der Waals surface area contributed by atoms with Gasteiger partial charge < -0.3 is 14.4 Å². The van der Waals surface area contributed by atoms with Crippen molar-refractivity contribution >= 4 is 5.91 Å². The van der Waals surface area contributed by atoms with Gasteiger partial charge in [0.1, 0.15) is 0 Å². The maximum Gasteiger partial charge on any atom is 0.257 e. The fourth-order valence-electron chi connectivity index (χ4n) is 3.28. The Labute approximate surface area is 159 Å². The molecular formula is C21H23N3O3. The van der Waals surface area contributed by atoms with Crippen molar-refractivity contribution in [2.24, 2.45) is 0 Å². The van der Waals surface area contributed by atoms with E-state index in [1.807, 2.05) is 29.2 Å². The Morgan fingerprint density at radius 2 is 1.74 bits per heavy atom. The van der Waals surface area contributed by atoms with Crippen LogP contribution < -0.4 is 9.47 Å². The summed E-state index contributed by atoms with van der Waals surface area (Å²) in [6, 6.07) is 15.1. The van der Waals surface area contributed by atoms with Crippen molar-refractivity contribution < 1.29 is 14.3 Å². The van der Waals surface area contributed by atoms with E-state index in [1.54, 1.807) is 32.4 Å². The molecule has 3 rings (SSSR count). The highest BCUT2D eigenvalue weighted by Gasteiger charge is 2.25. The summed E-state index contributed by atoms with van der Waals surface area (Å²) in [6.45, 7) is 3.75. The number of methoxy groups -OCH3 is 2. The lowest BCUT2D eigenvalue weighted by atomic mass is 10.1. The van der Waals surface area contributed by atoms with Gasteiger partial charge in [0, 0.05) is 32.7 Å². The van der Waals surface area contributed by atoms with Crippen LogP contribution in [-0.2, 0) is 6.54 Å². The van der Waals surface area contributed by atoms with Crippen molar-refractivity contribution in [2.75, 3.05) is 40.4 Å². The lowest BCUT2D eigenvalue weighted by Crippen LogP contribution is -2.48. The predicted molar refractivity (Wildman–Crippen MR) is 102 cm³/mol. The Kier molecular flexibility index (Phi) is 5.94. The molecule has 1 fully saturated rings. The number of ether oxygens (including phenoxy) is 2. The fraction of sp³-hybridized carbons (Fsp3) is 0.333. The average Bonchev–Trinajstić information content (AvgIpc) is 2.73. The van der Waals surface area contributed by atoms with Crippen LogP contribution in [0.5, 0.6) is 11.5 Å². The Morgan fingerprint density at radius 3 is 2.33 bits per heavy atom. The first-order valence-corrected chi connectivity index (χ1v) is 8.88. The quantitative estimate of drug-likeness (QED) is 0.815. The lowest BCUT2D eigenvalue weighted by molar-refractivity contribution is 0.0624. The van der Waals surface area contributed by atoms with Gasteiger partial charge in [-0.1, -0.05) is 18.2 Å². The van der Waals surface area contributed by atoms with E-state index < -0.39 is 0 Å². The molecule has 0 aromatic heterocycles. The third kappa shape index (κ3) is 4.21. The first-order valence-electron chi connectivity index (χ1n) is 8.88. The summed E-state index contributed by atoms with van der Waals surface area (Å²) in [4.78, 5) is 17.1. The molecule has 0 atom stereocenters. The topological polar surface area (TPSA) is 65.8 Å². The largest absolute Gasteiger partial charge is 0.493 e. The van der Waals surface area contributed by atoms with Gasteiger partial charge in [0.05, 0.1) is 31.4 Å². The molecule has 0 radical (unpaired) electrons. The summed E-state index contributed by atoms with van der Waals surface area (Å²) in [6.07, 6.45) is 0. The van der Waals surface area contributed by atoms with Crippen molar-refractivity contribution in [1.82, 2.24) is 9.80 Å². The Balaban J connectivity index is 1.62. The van der Waals surface area contributed by atoms with Gasteiger partial charge in [0.25, 0.3) is 5.91 Å². The van der Waals surface area contributed by atoms with E-state index in [9.17, 15) is 4.79 Å². The van der Waals surface area contributed by atoms with Crippen LogP contribution in [-0.4, -0.2) is 56.1 Å². The number of hydrogen-bond donors (Lipinski definition) is 0. The zero-order chi connectivity index (χ0) is 19.2. The number of piperazine rings is 1. The van der Waals surface area contributed by atoms with Crippen molar-refractivity contribution in [3.63, 3.8) is 0 Å². The van der Waals surface area contributed by atoms with Gasteiger partial charge in [-0.05, 0) is 29.8 Å². The molecule has 6 heteroatoms. The SMILES string of the molecule is COc1cccc(C(=O)N2CCN(Cc3ccc(C#N)cc3)CC2)c1OC. The van der Waals surface area contributed by atoms with E-state index in [1.165, 1.54) is 5.56 Å². The molecule has 1 saturated heterocycles. The van der Waals surface area contributed by atoms with Gasteiger partial charge in [-0.2, -0.15) is 5.26 Å². The van der Waals surface area contributed by atoms with Crippen LogP contribution in [0.1, 0.15) is 21.5 Å². The van der Waals surface area contributed by atoms with Crippen molar-refractivity contribution in [2.45, 2.75) is 6.54 Å². The van der Waals surface area contributed by atoms with Crippen LogP contribution in [0.15, 0.2) is 42.5 Å². The lowest BCUT2D eigenvalue weighted by Gasteiger charge is -2.35. The molecule has 2 aromatic rings. The minimum atomic E-state index is -0.0382. The Bertz CT molecular complexity index is 835. The molecule has 0 spiro atoms. The number of amides is 1. The summed E-state index contributed by atoms with van der Waals surface area (Å²) in [5.74, 6) is 0.997. The second-order valence-corrected chi connectivity index (χ2v) is 6.42.